The van der Waals surface area contributed by atoms with Crippen molar-refractivity contribution in [2.24, 2.45) is 0 Å². The van der Waals surface area contributed by atoms with Gasteiger partial charge in [-0.15, -0.1) is 0 Å². The summed E-state index contributed by atoms with van der Waals surface area (Å²) in [7, 11) is -3.22. The van der Waals surface area contributed by atoms with E-state index in [4.69, 9.17) is 0 Å². The first-order valence-electron chi connectivity index (χ1n) is 6.70. The summed E-state index contributed by atoms with van der Waals surface area (Å²) in [6.07, 6.45) is 1.23. The Labute approximate surface area is 117 Å². The lowest BCUT2D eigenvalue weighted by Crippen LogP contribution is -2.11. The van der Waals surface area contributed by atoms with Crippen LogP contribution in [0.15, 0.2) is 24.3 Å². The summed E-state index contributed by atoms with van der Waals surface area (Å²) in [6, 6.07) is 7.54. The predicted molar refractivity (Wildman–Crippen MR) is 84.3 cm³/mol. The highest BCUT2D eigenvalue weighted by molar-refractivity contribution is 7.89. The zero-order valence-corrected chi connectivity index (χ0v) is 13.8. The number of fused-ring (bicyclic) bond motifs is 1. The number of nitrogens with zero attached hydrogens (tertiary/aromatic N) is 1. The molecule has 0 amide bonds. The standard InChI is InChI=1S/C11H13NO2S.2C2H6/c1-8-9(2)12(15(3,13)14)11-7-5-4-6-10(8)11;2*1-2/h4-7H,1-3H3;2*1-2H3. The van der Waals surface area contributed by atoms with Crippen molar-refractivity contribution >= 4 is 20.9 Å². The Balaban J connectivity index is 0.000000741. The van der Waals surface area contributed by atoms with Gasteiger partial charge in [0.25, 0.3) is 0 Å². The zero-order valence-electron chi connectivity index (χ0n) is 13.0. The van der Waals surface area contributed by atoms with E-state index in [1.54, 1.807) is 0 Å². The molecule has 1 heterocycles. The predicted octanol–water partition coefficient (Wildman–Crippen LogP) is 4.12. The maximum absolute atomic E-state index is 11.6. The molecule has 0 aliphatic carbocycles. The number of rotatable bonds is 1. The highest BCUT2D eigenvalue weighted by Gasteiger charge is 2.16. The van der Waals surface area contributed by atoms with Gasteiger partial charge in [0.15, 0.2) is 0 Å². The van der Waals surface area contributed by atoms with Crippen LogP contribution in [-0.4, -0.2) is 18.6 Å². The number of benzene rings is 1. The van der Waals surface area contributed by atoms with Gasteiger partial charge in [-0.05, 0) is 25.5 Å². The number of hydrogen-bond acceptors (Lipinski definition) is 2. The van der Waals surface area contributed by atoms with Gasteiger partial charge in [0, 0.05) is 11.1 Å². The fourth-order valence-electron chi connectivity index (χ4n) is 1.92. The van der Waals surface area contributed by atoms with E-state index in [2.05, 4.69) is 0 Å². The first-order chi connectivity index (χ1) is 8.93. The summed E-state index contributed by atoms with van der Waals surface area (Å²) in [5.41, 5.74) is 2.57. The zero-order chi connectivity index (χ0) is 15.2. The lowest BCUT2D eigenvalue weighted by Gasteiger charge is -2.04. The Morgan fingerprint density at radius 3 is 1.89 bits per heavy atom. The van der Waals surface area contributed by atoms with E-state index < -0.39 is 10.0 Å². The van der Waals surface area contributed by atoms with E-state index in [0.717, 1.165) is 22.2 Å². The number of hydrogen-bond donors (Lipinski definition) is 0. The van der Waals surface area contributed by atoms with Gasteiger partial charge in [0.1, 0.15) is 0 Å². The smallest absolute Gasteiger partial charge is 0.236 e. The third-order valence-corrected chi connectivity index (χ3v) is 3.84. The van der Waals surface area contributed by atoms with Crippen LogP contribution >= 0.6 is 0 Å². The van der Waals surface area contributed by atoms with Crippen LogP contribution in [0.25, 0.3) is 10.9 Å². The minimum Gasteiger partial charge on any atom is -0.242 e. The van der Waals surface area contributed by atoms with Gasteiger partial charge in [-0.3, -0.25) is 0 Å². The van der Waals surface area contributed by atoms with E-state index in [9.17, 15) is 8.42 Å². The molecule has 0 aliphatic heterocycles. The molecule has 2 rings (SSSR count). The van der Waals surface area contributed by atoms with Crippen molar-refractivity contribution in [3.8, 4) is 0 Å². The molecule has 0 saturated heterocycles. The van der Waals surface area contributed by atoms with Crippen LogP contribution in [0.3, 0.4) is 0 Å². The second-order valence-corrected chi connectivity index (χ2v) is 5.59. The molecule has 3 nitrogen and oxygen atoms in total. The average molecular weight is 283 g/mol. The van der Waals surface area contributed by atoms with Crippen molar-refractivity contribution in [2.45, 2.75) is 41.5 Å². The van der Waals surface area contributed by atoms with Gasteiger partial charge in [-0.25, -0.2) is 12.4 Å². The van der Waals surface area contributed by atoms with Crippen LogP contribution in [0.4, 0.5) is 0 Å². The second-order valence-electron chi connectivity index (χ2n) is 3.75. The first kappa shape index (κ1) is 17.7. The molecule has 1 aromatic heterocycles. The van der Waals surface area contributed by atoms with Crippen LogP contribution in [-0.2, 0) is 10.0 Å². The van der Waals surface area contributed by atoms with Crippen LogP contribution < -0.4 is 0 Å². The summed E-state index contributed by atoms with van der Waals surface area (Å²) >= 11 is 0. The van der Waals surface area contributed by atoms with Crippen molar-refractivity contribution in [1.82, 2.24) is 3.97 Å². The van der Waals surface area contributed by atoms with Crippen molar-refractivity contribution < 1.29 is 8.42 Å². The van der Waals surface area contributed by atoms with Crippen molar-refractivity contribution in [3.63, 3.8) is 0 Å². The highest BCUT2D eigenvalue weighted by atomic mass is 32.2. The molecule has 1 aromatic carbocycles. The number of aryl methyl sites for hydroxylation is 1. The Kier molecular flexibility index (Phi) is 6.84. The second kappa shape index (κ2) is 7.34. The largest absolute Gasteiger partial charge is 0.242 e. The molecule has 2 aromatic rings. The summed E-state index contributed by atoms with van der Waals surface area (Å²) in [4.78, 5) is 0. The van der Waals surface area contributed by atoms with Crippen molar-refractivity contribution in [1.29, 1.82) is 0 Å². The Hall–Kier alpha value is -1.29. The number of aromatic nitrogens is 1. The SMILES string of the molecule is CC.CC.Cc1c(C)n(S(C)(=O)=O)c2ccccc12. The lowest BCUT2D eigenvalue weighted by molar-refractivity contribution is 0.594. The molecule has 19 heavy (non-hydrogen) atoms. The summed E-state index contributed by atoms with van der Waals surface area (Å²) < 4.78 is 24.7. The van der Waals surface area contributed by atoms with Gasteiger partial charge in [-0.1, -0.05) is 45.9 Å². The van der Waals surface area contributed by atoms with E-state index in [1.807, 2.05) is 65.8 Å². The first-order valence-corrected chi connectivity index (χ1v) is 8.55. The molecule has 0 spiro atoms. The summed E-state index contributed by atoms with van der Waals surface area (Å²) in [5, 5.41) is 1.00. The van der Waals surface area contributed by atoms with E-state index in [1.165, 1.54) is 10.2 Å². The molecular formula is C15H25NO2S. The van der Waals surface area contributed by atoms with E-state index in [0.29, 0.717) is 0 Å². The minimum atomic E-state index is -3.22. The van der Waals surface area contributed by atoms with Crippen LogP contribution in [0.1, 0.15) is 39.0 Å². The average Bonchev–Trinajstić information content (AvgIpc) is 2.67. The molecule has 4 heteroatoms. The normalized spacial score (nSPS) is 10.3. The third kappa shape index (κ3) is 3.60. The van der Waals surface area contributed by atoms with Crippen LogP contribution in [0, 0.1) is 13.8 Å². The van der Waals surface area contributed by atoms with Gasteiger partial charge in [0.05, 0.1) is 11.8 Å². The Bertz CT molecular complexity index is 625. The van der Waals surface area contributed by atoms with Crippen LogP contribution in [0.5, 0.6) is 0 Å². The van der Waals surface area contributed by atoms with Gasteiger partial charge in [0.2, 0.25) is 10.0 Å². The minimum absolute atomic E-state index is 0.759. The fraction of sp³-hybridized carbons (Fsp3) is 0.467. The highest BCUT2D eigenvalue weighted by Crippen LogP contribution is 2.25. The summed E-state index contributed by atoms with van der Waals surface area (Å²) in [5.74, 6) is 0. The van der Waals surface area contributed by atoms with E-state index >= 15 is 0 Å². The molecule has 0 atom stereocenters. The third-order valence-electron chi connectivity index (χ3n) is 2.71. The van der Waals surface area contributed by atoms with Gasteiger partial charge >= 0.3 is 0 Å². The monoisotopic (exact) mass is 283 g/mol. The molecule has 108 valence electrons. The van der Waals surface area contributed by atoms with Crippen molar-refractivity contribution in [3.05, 3.63) is 35.5 Å². The van der Waals surface area contributed by atoms with Crippen molar-refractivity contribution in [2.75, 3.05) is 6.26 Å². The molecule has 0 saturated carbocycles. The lowest BCUT2D eigenvalue weighted by atomic mass is 10.2. The van der Waals surface area contributed by atoms with Gasteiger partial charge < -0.3 is 0 Å². The maximum Gasteiger partial charge on any atom is 0.236 e. The molecular weight excluding hydrogens is 258 g/mol. The molecule has 0 aliphatic rings. The van der Waals surface area contributed by atoms with E-state index in [-0.39, 0.29) is 0 Å². The molecule has 0 bridgehead atoms. The topological polar surface area (TPSA) is 39.1 Å². The summed E-state index contributed by atoms with van der Waals surface area (Å²) in [6.45, 7) is 11.8. The maximum atomic E-state index is 11.6. The molecule has 0 radical (unpaired) electrons. The Morgan fingerprint density at radius 1 is 0.947 bits per heavy atom. The van der Waals surface area contributed by atoms with Crippen LogP contribution in [0.2, 0.25) is 0 Å². The quantitative estimate of drug-likeness (QED) is 0.789. The molecule has 0 N–H and O–H groups in total. The number of para-hydroxylation sites is 1. The molecule has 0 fully saturated rings. The fourth-order valence-corrected chi connectivity index (χ4v) is 3.07. The van der Waals surface area contributed by atoms with Gasteiger partial charge in [-0.2, -0.15) is 0 Å². The Morgan fingerprint density at radius 2 is 1.42 bits per heavy atom. The molecule has 0 unspecified atom stereocenters.